The molecule has 0 saturated heterocycles. The van der Waals surface area contributed by atoms with Gasteiger partial charge in [-0.15, -0.1) is 0 Å². The molecule has 1 saturated carbocycles. The molecule has 2 aromatic rings. The number of aryl methyl sites for hydroxylation is 1. The van der Waals surface area contributed by atoms with Crippen molar-refractivity contribution in [1.82, 2.24) is 0 Å². The Kier molecular flexibility index (Phi) is 2.74. The number of hydrogen-bond acceptors (Lipinski definition) is 2. The molecular weight excluding hydrogens is 254 g/mol. The van der Waals surface area contributed by atoms with Crippen molar-refractivity contribution in [1.29, 1.82) is 0 Å². The number of carboxylic acids is 1. The number of amides is 1. The molecule has 1 aliphatic carbocycles. The molecule has 4 heteroatoms. The van der Waals surface area contributed by atoms with Crippen molar-refractivity contribution in [3.63, 3.8) is 0 Å². The van der Waals surface area contributed by atoms with Crippen LogP contribution in [0.25, 0.3) is 10.8 Å². The lowest BCUT2D eigenvalue weighted by molar-refractivity contribution is -0.147. The van der Waals surface area contributed by atoms with Crippen LogP contribution in [0.1, 0.15) is 18.4 Å². The minimum atomic E-state index is -1.21. The summed E-state index contributed by atoms with van der Waals surface area (Å²) in [5.41, 5.74) is 0.610. The first-order valence-corrected chi connectivity index (χ1v) is 6.57. The average molecular weight is 269 g/mol. The van der Waals surface area contributed by atoms with Crippen molar-refractivity contribution in [2.45, 2.75) is 19.8 Å². The molecule has 1 amide bonds. The SMILES string of the molecule is Cc1ccc2cc(NC(=O)C3(C(=O)O)CC3)ccc2c1. The van der Waals surface area contributed by atoms with E-state index in [1.807, 2.05) is 31.2 Å². The fourth-order valence-corrected chi connectivity index (χ4v) is 2.36. The number of aliphatic carboxylic acids is 1. The second-order valence-electron chi connectivity index (χ2n) is 5.41. The van der Waals surface area contributed by atoms with Gasteiger partial charge in [0.1, 0.15) is 5.41 Å². The Balaban J connectivity index is 1.86. The number of carbonyl (C=O) groups is 2. The molecule has 0 spiro atoms. The van der Waals surface area contributed by atoms with E-state index in [-0.39, 0.29) is 0 Å². The molecule has 0 aromatic heterocycles. The van der Waals surface area contributed by atoms with Crippen LogP contribution in [-0.2, 0) is 9.59 Å². The van der Waals surface area contributed by atoms with Gasteiger partial charge < -0.3 is 10.4 Å². The minimum absolute atomic E-state index is 0.418. The average Bonchev–Trinajstić information content (AvgIpc) is 3.20. The highest BCUT2D eigenvalue weighted by molar-refractivity contribution is 6.11. The predicted octanol–water partition coefficient (Wildman–Crippen LogP) is 2.95. The quantitative estimate of drug-likeness (QED) is 0.842. The van der Waals surface area contributed by atoms with Crippen LogP contribution in [0.15, 0.2) is 36.4 Å². The van der Waals surface area contributed by atoms with Gasteiger partial charge in [-0.25, -0.2) is 0 Å². The van der Waals surface area contributed by atoms with Gasteiger partial charge in [0.05, 0.1) is 0 Å². The number of carboxylic acid groups (broad SMARTS) is 1. The summed E-state index contributed by atoms with van der Waals surface area (Å²) in [6.07, 6.45) is 0.835. The minimum Gasteiger partial charge on any atom is -0.480 e. The lowest BCUT2D eigenvalue weighted by Gasteiger charge is -2.11. The van der Waals surface area contributed by atoms with Crippen molar-refractivity contribution < 1.29 is 14.7 Å². The summed E-state index contributed by atoms with van der Waals surface area (Å²) in [6, 6.07) is 11.7. The van der Waals surface area contributed by atoms with Crippen LogP contribution >= 0.6 is 0 Å². The summed E-state index contributed by atoms with van der Waals surface area (Å²) < 4.78 is 0. The number of fused-ring (bicyclic) bond motifs is 1. The number of nitrogens with one attached hydrogen (secondary N) is 1. The first-order chi connectivity index (χ1) is 9.51. The first kappa shape index (κ1) is 12.7. The molecule has 3 rings (SSSR count). The highest BCUT2D eigenvalue weighted by atomic mass is 16.4. The Labute approximate surface area is 116 Å². The molecule has 0 atom stereocenters. The lowest BCUT2D eigenvalue weighted by atomic mass is 10.1. The molecule has 2 N–H and O–H groups in total. The van der Waals surface area contributed by atoms with Crippen molar-refractivity contribution in [2.24, 2.45) is 5.41 Å². The Morgan fingerprint density at radius 3 is 2.40 bits per heavy atom. The van der Waals surface area contributed by atoms with Gasteiger partial charge in [-0.3, -0.25) is 9.59 Å². The fourth-order valence-electron chi connectivity index (χ4n) is 2.36. The van der Waals surface area contributed by atoms with Crippen LogP contribution in [0.3, 0.4) is 0 Å². The van der Waals surface area contributed by atoms with Crippen LogP contribution in [0.2, 0.25) is 0 Å². The molecule has 0 bridgehead atoms. The molecule has 102 valence electrons. The zero-order valence-electron chi connectivity index (χ0n) is 11.1. The summed E-state index contributed by atoms with van der Waals surface area (Å²) in [5.74, 6) is -1.46. The molecule has 0 unspecified atom stereocenters. The number of carbonyl (C=O) groups excluding carboxylic acids is 1. The summed E-state index contributed by atoms with van der Waals surface area (Å²) in [5, 5.41) is 13.9. The van der Waals surface area contributed by atoms with Crippen LogP contribution in [-0.4, -0.2) is 17.0 Å². The largest absolute Gasteiger partial charge is 0.480 e. The lowest BCUT2D eigenvalue weighted by Crippen LogP contribution is -2.31. The van der Waals surface area contributed by atoms with E-state index in [0.717, 1.165) is 10.8 Å². The fraction of sp³-hybridized carbons (Fsp3) is 0.250. The van der Waals surface area contributed by atoms with E-state index >= 15 is 0 Å². The van der Waals surface area contributed by atoms with Crippen LogP contribution in [0.4, 0.5) is 5.69 Å². The topological polar surface area (TPSA) is 66.4 Å². The highest BCUT2D eigenvalue weighted by Crippen LogP contribution is 2.46. The molecule has 1 fully saturated rings. The van der Waals surface area contributed by atoms with E-state index in [1.54, 1.807) is 6.07 Å². The van der Waals surface area contributed by atoms with E-state index in [4.69, 9.17) is 5.11 Å². The Morgan fingerprint density at radius 1 is 1.10 bits per heavy atom. The molecular formula is C16H15NO3. The second kappa shape index (κ2) is 4.34. The third kappa shape index (κ3) is 2.03. The number of anilines is 1. The van der Waals surface area contributed by atoms with Gasteiger partial charge in [-0.05, 0) is 42.7 Å². The molecule has 1 aliphatic rings. The standard InChI is InChI=1S/C16H15NO3/c1-10-2-3-12-9-13(5-4-11(12)8-10)17-14(18)16(6-7-16)15(19)20/h2-5,8-9H,6-7H2,1H3,(H,17,18)(H,19,20). The van der Waals surface area contributed by atoms with E-state index in [9.17, 15) is 9.59 Å². The van der Waals surface area contributed by atoms with Gasteiger partial charge in [-0.1, -0.05) is 29.8 Å². The van der Waals surface area contributed by atoms with Crippen LogP contribution < -0.4 is 5.32 Å². The van der Waals surface area contributed by atoms with Crippen LogP contribution in [0.5, 0.6) is 0 Å². The number of benzene rings is 2. The van der Waals surface area contributed by atoms with Gasteiger partial charge in [0.25, 0.3) is 0 Å². The van der Waals surface area contributed by atoms with Crippen LogP contribution in [0, 0.1) is 12.3 Å². The number of hydrogen-bond donors (Lipinski definition) is 2. The smallest absolute Gasteiger partial charge is 0.319 e. The van der Waals surface area contributed by atoms with E-state index < -0.39 is 17.3 Å². The molecule has 0 radical (unpaired) electrons. The second-order valence-corrected chi connectivity index (χ2v) is 5.41. The Bertz CT molecular complexity index is 717. The van der Waals surface area contributed by atoms with Gasteiger partial charge in [0, 0.05) is 5.69 Å². The van der Waals surface area contributed by atoms with Crippen molar-refractivity contribution >= 4 is 28.3 Å². The first-order valence-electron chi connectivity index (χ1n) is 6.57. The van der Waals surface area contributed by atoms with Gasteiger partial charge >= 0.3 is 5.97 Å². The molecule has 0 aliphatic heterocycles. The zero-order chi connectivity index (χ0) is 14.3. The third-order valence-corrected chi connectivity index (χ3v) is 3.85. The molecule has 4 nitrogen and oxygen atoms in total. The number of rotatable bonds is 3. The van der Waals surface area contributed by atoms with E-state index in [2.05, 4.69) is 11.4 Å². The predicted molar refractivity (Wildman–Crippen MR) is 76.6 cm³/mol. The maximum atomic E-state index is 12.0. The van der Waals surface area contributed by atoms with Gasteiger partial charge in [0.15, 0.2) is 0 Å². The molecule has 0 heterocycles. The highest BCUT2D eigenvalue weighted by Gasteiger charge is 2.57. The zero-order valence-corrected chi connectivity index (χ0v) is 11.1. The summed E-state index contributed by atoms with van der Waals surface area (Å²) in [6.45, 7) is 2.03. The maximum absolute atomic E-state index is 12.0. The van der Waals surface area contributed by atoms with Gasteiger partial charge in [0.2, 0.25) is 5.91 Å². The summed E-state index contributed by atoms with van der Waals surface area (Å²) >= 11 is 0. The Morgan fingerprint density at radius 2 is 1.75 bits per heavy atom. The third-order valence-electron chi connectivity index (χ3n) is 3.85. The monoisotopic (exact) mass is 269 g/mol. The Hall–Kier alpha value is -2.36. The van der Waals surface area contributed by atoms with E-state index in [0.29, 0.717) is 18.5 Å². The van der Waals surface area contributed by atoms with Crippen molar-refractivity contribution in [2.75, 3.05) is 5.32 Å². The maximum Gasteiger partial charge on any atom is 0.319 e. The normalized spacial score (nSPS) is 15.8. The summed E-state index contributed by atoms with van der Waals surface area (Å²) in [7, 11) is 0. The summed E-state index contributed by atoms with van der Waals surface area (Å²) in [4.78, 5) is 23.1. The molecule has 2 aromatic carbocycles. The van der Waals surface area contributed by atoms with Crippen molar-refractivity contribution in [3.8, 4) is 0 Å². The molecule has 20 heavy (non-hydrogen) atoms. The van der Waals surface area contributed by atoms with Gasteiger partial charge in [-0.2, -0.15) is 0 Å². The van der Waals surface area contributed by atoms with E-state index in [1.165, 1.54) is 5.56 Å². The van der Waals surface area contributed by atoms with Crippen molar-refractivity contribution in [3.05, 3.63) is 42.0 Å².